The van der Waals surface area contributed by atoms with Crippen LogP contribution in [0.1, 0.15) is 13.8 Å². The second-order valence-corrected chi connectivity index (χ2v) is 8.37. The van der Waals surface area contributed by atoms with Crippen LogP contribution in [-0.4, -0.2) is 44.5 Å². The molecule has 3 atom stereocenters. The number of halogens is 1. The predicted octanol–water partition coefficient (Wildman–Crippen LogP) is 2.09. The monoisotopic (exact) mass is 444 g/mol. The summed E-state index contributed by atoms with van der Waals surface area (Å²) in [5.41, 5.74) is 0.603. The number of aliphatic hydroxyl groups excluding tert-OH is 1. The van der Waals surface area contributed by atoms with Crippen LogP contribution in [-0.2, 0) is 9.71 Å². The van der Waals surface area contributed by atoms with Gasteiger partial charge >= 0.3 is 0 Å². The zero-order valence-corrected chi connectivity index (χ0v) is 17.0. The lowest BCUT2D eigenvalue weighted by Crippen LogP contribution is -2.26. The highest BCUT2D eigenvalue weighted by Crippen LogP contribution is 2.29. The zero-order valence-electron chi connectivity index (χ0n) is 14.6. The Bertz CT molecular complexity index is 890. The minimum absolute atomic E-state index is 0.277. The number of methoxy groups -OCH3 is 1. The first kappa shape index (κ1) is 20.4. The fraction of sp³-hybridized carbons (Fsp3) is 0.312. The van der Waals surface area contributed by atoms with E-state index >= 15 is 0 Å². The maximum absolute atomic E-state index is 12.0. The summed E-state index contributed by atoms with van der Waals surface area (Å²) in [6, 6.07) is 4.86. The average molecular weight is 445 g/mol. The van der Waals surface area contributed by atoms with Gasteiger partial charge in [-0.1, -0.05) is 0 Å². The molecular formula is C16H21BrN4O4S. The van der Waals surface area contributed by atoms with Gasteiger partial charge in [0.2, 0.25) is 11.8 Å². The molecule has 1 aromatic heterocycles. The van der Waals surface area contributed by atoms with E-state index in [0.717, 1.165) is 0 Å². The molecule has 0 saturated carbocycles. The van der Waals surface area contributed by atoms with Crippen molar-refractivity contribution in [3.8, 4) is 11.6 Å². The van der Waals surface area contributed by atoms with Crippen molar-refractivity contribution in [1.29, 1.82) is 0 Å². The Kier molecular flexibility index (Phi) is 6.45. The SMILES string of the molecule is C=S(N)(=O)c1ccc(Nc2ncc(Br)c(O[C@H](C)[C@@H](C)O)n2)cc1OC. The molecule has 0 bridgehead atoms. The van der Waals surface area contributed by atoms with Crippen LogP contribution in [0, 0.1) is 0 Å². The standard InChI is InChI=1S/C16H21BrN4O4S/c1-9(22)10(2)25-15-12(17)8-19-16(21-15)20-11-5-6-14(26(4,18)23)13(7-11)24-3/h5-10,22H,4H2,1-3H3,(H2,18,23)(H,19,20,21)/t9-,10-,26?/m1/s1. The normalized spacial score (nSPS) is 15.6. The summed E-state index contributed by atoms with van der Waals surface area (Å²) in [5, 5.41) is 18.2. The van der Waals surface area contributed by atoms with Gasteiger partial charge in [-0.2, -0.15) is 4.98 Å². The molecular weight excluding hydrogens is 424 g/mol. The lowest BCUT2D eigenvalue weighted by atomic mass is 10.3. The van der Waals surface area contributed by atoms with Crippen molar-refractivity contribution < 1.29 is 18.8 Å². The van der Waals surface area contributed by atoms with Crippen molar-refractivity contribution in [2.75, 3.05) is 12.4 Å². The fourth-order valence-corrected chi connectivity index (χ4v) is 2.99. The number of nitrogens with one attached hydrogen (secondary N) is 1. The number of anilines is 2. The predicted molar refractivity (Wildman–Crippen MR) is 105 cm³/mol. The highest BCUT2D eigenvalue weighted by atomic mass is 79.9. The van der Waals surface area contributed by atoms with Crippen molar-refractivity contribution >= 4 is 43.1 Å². The van der Waals surface area contributed by atoms with Crippen LogP contribution in [0.25, 0.3) is 0 Å². The van der Waals surface area contributed by atoms with Crippen LogP contribution in [0.15, 0.2) is 33.8 Å². The van der Waals surface area contributed by atoms with Crippen molar-refractivity contribution in [2.24, 2.45) is 5.14 Å². The highest BCUT2D eigenvalue weighted by Gasteiger charge is 2.15. The van der Waals surface area contributed by atoms with Gasteiger partial charge < -0.3 is 19.9 Å². The molecule has 4 N–H and O–H groups in total. The third-order valence-corrected chi connectivity index (χ3v) is 5.11. The second-order valence-electron chi connectivity index (χ2n) is 5.63. The minimum atomic E-state index is -2.90. The first-order valence-electron chi connectivity index (χ1n) is 7.59. The number of aliphatic hydroxyl groups is 1. The average Bonchev–Trinajstić information content (AvgIpc) is 2.56. The van der Waals surface area contributed by atoms with Crippen LogP contribution in [0.5, 0.6) is 11.6 Å². The van der Waals surface area contributed by atoms with Crippen LogP contribution in [0.2, 0.25) is 0 Å². The number of aromatic nitrogens is 2. The van der Waals surface area contributed by atoms with E-state index in [1.165, 1.54) is 13.3 Å². The molecule has 0 saturated heterocycles. The Hall–Kier alpha value is -1.88. The molecule has 1 heterocycles. The van der Waals surface area contributed by atoms with Gasteiger partial charge in [-0.25, -0.2) is 9.19 Å². The molecule has 26 heavy (non-hydrogen) atoms. The molecule has 10 heteroatoms. The van der Waals surface area contributed by atoms with Crippen LogP contribution < -0.4 is 19.9 Å². The number of hydrogen-bond acceptors (Lipinski definition) is 7. The maximum Gasteiger partial charge on any atom is 0.233 e. The van der Waals surface area contributed by atoms with Crippen LogP contribution in [0.3, 0.4) is 0 Å². The maximum atomic E-state index is 12.0. The van der Waals surface area contributed by atoms with E-state index in [0.29, 0.717) is 26.7 Å². The van der Waals surface area contributed by atoms with Crippen molar-refractivity contribution in [3.63, 3.8) is 0 Å². The van der Waals surface area contributed by atoms with Gasteiger partial charge in [0.05, 0.1) is 38.5 Å². The molecule has 1 aromatic carbocycles. The minimum Gasteiger partial charge on any atom is -0.495 e. The Morgan fingerprint density at radius 3 is 2.69 bits per heavy atom. The Labute approximate surface area is 161 Å². The van der Waals surface area contributed by atoms with Crippen molar-refractivity contribution in [1.82, 2.24) is 9.97 Å². The molecule has 0 spiro atoms. The van der Waals surface area contributed by atoms with Gasteiger partial charge in [0.25, 0.3) is 0 Å². The van der Waals surface area contributed by atoms with Gasteiger partial charge in [-0.15, -0.1) is 0 Å². The number of rotatable bonds is 7. The van der Waals surface area contributed by atoms with E-state index < -0.39 is 21.9 Å². The van der Waals surface area contributed by atoms with Crippen molar-refractivity contribution in [3.05, 3.63) is 28.9 Å². The van der Waals surface area contributed by atoms with E-state index in [-0.39, 0.29) is 5.95 Å². The summed E-state index contributed by atoms with van der Waals surface area (Å²) < 4.78 is 23.4. The Morgan fingerprint density at radius 2 is 2.12 bits per heavy atom. The third kappa shape index (κ3) is 5.07. The van der Waals surface area contributed by atoms with E-state index in [1.54, 1.807) is 32.0 Å². The summed E-state index contributed by atoms with van der Waals surface area (Å²) >= 11 is 3.32. The zero-order chi connectivity index (χ0) is 19.5. The second kappa shape index (κ2) is 8.21. The lowest BCUT2D eigenvalue weighted by molar-refractivity contribution is 0.0569. The molecule has 0 amide bonds. The highest BCUT2D eigenvalue weighted by molar-refractivity contribution is 9.10. The number of benzene rings is 1. The van der Waals surface area contributed by atoms with Gasteiger partial charge in [0, 0.05) is 11.8 Å². The quantitative estimate of drug-likeness (QED) is 0.559. The number of hydrogen-bond donors (Lipinski definition) is 3. The fourth-order valence-electron chi connectivity index (χ4n) is 1.93. The molecule has 2 aromatic rings. The van der Waals surface area contributed by atoms with E-state index in [9.17, 15) is 9.32 Å². The summed E-state index contributed by atoms with van der Waals surface area (Å²) in [6.45, 7) is 3.36. The summed E-state index contributed by atoms with van der Waals surface area (Å²) in [4.78, 5) is 8.76. The summed E-state index contributed by atoms with van der Waals surface area (Å²) in [5.74, 6) is 4.38. The molecule has 0 fully saturated rings. The molecule has 8 nitrogen and oxygen atoms in total. The largest absolute Gasteiger partial charge is 0.495 e. The first-order chi connectivity index (χ1) is 12.1. The van der Waals surface area contributed by atoms with Gasteiger partial charge in [0.1, 0.15) is 11.9 Å². The Balaban J connectivity index is 2.28. The van der Waals surface area contributed by atoms with Crippen LogP contribution >= 0.6 is 15.9 Å². The number of nitrogens with two attached hydrogens (primary N) is 1. The third-order valence-electron chi connectivity index (χ3n) is 3.48. The van der Waals surface area contributed by atoms with Gasteiger partial charge in [-0.05, 0) is 47.8 Å². The Morgan fingerprint density at radius 1 is 1.42 bits per heavy atom. The number of nitrogens with zero attached hydrogens (tertiary/aromatic N) is 2. The topological polar surface area (TPSA) is 120 Å². The van der Waals surface area contributed by atoms with Gasteiger partial charge in [-0.3, -0.25) is 5.14 Å². The molecule has 0 aliphatic carbocycles. The van der Waals surface area contributed by atoms with E-state index in [2.05, 4.69) is 37.1 Å². The summed E-state index contributed by atoms with van der Waals surface area (Å²) in [6.07, 6.45) is 0.440. The summed E-state index contributed by atoms with van der Waals surface area (Å²) in [7, 11) is -1.45. The molecule has 2 rings (SSSR count). The smallest absolute Gasteiger partial charge is 0.233 e. The molecule has 142 valence electrons. The van der Waals surface area contributed by atoms with E-state index in [4.69, 9.17) is 14.6 Å². The van der Waals surface area contributed by atoms with Crippen molar-refractivity contribution in [2.45, 2.75) is 31.0 Å². The molecule has 0 aliphatic heterocycles. The first-order valence-corrected chi connectivity index (χ1v) is 10.2. The van der Waals surface area contributed by atoms with E-state index in [1.807, 2.05) is 0 Å². The molecule has 0 aliphatic rings. The molecule has 1 unspecified atom stereocenters. The van der Waals surface area contributed by atoms with Gasteiger partial charge in [0.15, 0.2) is 0 Å². The van der Waals surface area contributed by atoms with Crippen LogP contribution in [0.4, 0.5) is 11.6 Å². The molecule has 0 radical (unpaired) electrons. The number of ether oxygens (including phenoxy) is 2. The lowest BCUT2D eigenvalue weighted by Gasteiger charge is -2.17.